The Hall–Kier alpha value is -4.71. The molecule has 1 aliphatic rings. The third-order valence-electron chi connectivity index (χ3n) is 5.21. The van der Waals surface area contributed by atoms with Crippen LogP contribution in [0.2, 0.25) is 0 Å². The number of nitrogens with one attached hydrogen (secondary N) is 2. The maximum Gasteiger partial charge on any atom is 0.269 e. The van der Waals surface area contributed by atoms with Gasteiger partial charge in [-0.3, -0.25) is 20.3 Å². The molecule has 0 atom stereocenters. The van der Waals surface area contributed by atoms with Crippen LogP contribution in [0, 0.1) is 10.1 Å². The maximum absolute atomic E-state index is 11.3. The topological polar surface area (TPSA) is 125 Å². The molecule has 0 unspecified atom stereocenters. The quantitative estimate of drug-likeness (QED) is 0.275. The van der Waals surface area contributed by atoms with Gasteiger partial charge in [0.25, 0.3) is 5.69 Å². The summed E-state index contributed by atoms with van der Waals surface area (Å²) >= 11 is 1.45. The van der Waals surface area contributed by atoms with Crippen molar-refractivity contribution < 1.29 is 14.5 Å². The van der Waals surface area contributed by atoms with E-state index in [0.717, 1.165) is 21.5 Å². The first-order valence-corrected chi connectivity index (χ1v) is 11.8. The average molecular weight is 504 g/mol. The second-order valence-electron chi connectivity index (χ2n) is 7.75. The van der Waals surface area contributed by atoms with Gasteiger partial charge in [-0.05, 0) is 61.5 Å². The molecule has 0 bridgehead atoms. The van der Waals surface area contributed by atoms with Gasteiger partial charge in [0.15, 0.2) is 5.84 Å². The highest BCUT2D eigenvalue weighted by Gasteiger charge is 2.29. The molecule has 0 fully saturated rings. The van der Waals surface area contributed by atoms with Crippen molar-refractivity contribution in [3.8, 4) is 5.75 Å². The Labute approximate surface area is 209 Å². The number of nitro benzene ring substituents is 1. The van der Waals surface area contributed by atoms with Gasteiger partial charge in [0.05, 0.1) is 27.4 Å². The summed E-state index contributed by atoms with van der Waals surface area (Å²) in [6.07, 6.45) is 0. The number of non-ortho nitro benzene ring substituents is 1. The minimum atomic E-state index is -0.446. The van der Waals surface area contributed by atoms with Crippen molar-refractivity contribution in [2.45, 2.75) is 13.8 Å². The second kappa shape index (κ2) is 9.50. The smallest absolute Gasteiger partial charge is 0.269 e. The van der Waals surface area contributed by atoms with Crippen molar-refractivity contribution in [1.29, 1.82) is 0 Å². The zero-order chi connectivity index (χ0) is 25.2. The lowest BCUT2D eigenvalue weighted by Crippen LogP contribution is -2.44. The molecule has 0 saturated heterocycles. The fourth-order valence-corrected chi connectivity index (χ4v) is 4.54. The molecule has 1 aromatic heterocycles. The molecule has 36 heavy (non-hydrogen) atoms. The molecular weight excluding hydrogens is 482 g/mol. The Kier molecular flexibility index (Phi) is 6.09. The summed E-state index contributed by atoms with van der Waals surface area (Å²) in [5.74, 6) is 1.15. The summed E-state index contributed by atoms with van der Waals surface area (Å²) in [6.45, 7) is 3.95. The van der Waals surface area contributed by atoms with E-state index in [4.69, 9.17) is 14.8 Å². The van der Waals surface area contributed by atoms with Crippen LogP contribution < -0.4 is 25.7 Å². The summed E-state index contributed by atoms with van der Waals surface area (Å²) in [5, 5.41) is 22.5. The first-order chi connectivity index (χ1) is 17.4. The van der Waals surface area contributed by atoms with E-state index in [9.17, 15) is 14.9 Å². The number of nitrogens with zero attached hydrogens (tertiary/aromatic N) is 5. The number of hydrogen-bond donors (Lipinski definition) is 2. The van der Waals surface area contributed by atoms with Gasteiger partial charge in [0, 0.05) is 30.3 Å². The Morgan fingerprint density at radius 1 is 1.14 bits per heavy atom. The predicted octanol–water partition coefficient (Wildman–Crippen LogP) is 4.67. The van der Waals surface area contributed by atoms with Crippen LogP contribution in [0.25, 0.3) is 10.2 Å². The van der Waals surface area contributed by atoms with Crippen LogP contribution in [-0.4, -0.2) is 28.3 Å². The van der Waals surface area contributed by atoms with Crippen molar-refractivity contribution in [1.82, 2.24) is 10.4 Å². The number of benzene rings is 3. The molecule has 0 spiro atoms. The number of thiazole rings is 1. The SMILES string of the molecule is CCOc1ccc2nc(N3NC(c4ccc(NC(C)=O)cc4)=NN3c3ccc([N+](=O)[O-])cc3)sc2c1. The number of nitro groups is 1. The number of hydrogen-bond acceptors (Lipinski definition) is 10. The Morgan fingerprint density at radius 2 is 1.89 bits per heavy atom. The van der Waals surface area contributed by atoms with Gasteiger partial charge < -0.3 is 10.1 Å². The highest BCUT2D eigenvalue weighted by Crippen LogP contribution is 2.34. The molecule has 11 nitrogen and oxygen atoms in total. The first kappa shape index (κ1) is 23.1. The highest BCUT2D eigenvalue weighted by molar-refractivity contribution is 7.22. The van der Waals surface area contributed by atoms with Gasteiger partial charge in [-0.2, -0.15) is 0 Å². The largest absolute Gasteiger partial charge is 0.494 e. The lowest BCUT2D eigenvalue weighted by Gasteiger charge is -2.25. The molecule has 1 amide bonds. The molecule has 5 rings (SSSR count). The number of anilines is 3. The maximum atomic E-state index is 11.3. The summed E-state index contributed by atoms with van der Waals surface area (Å²) in [5.41, 5.74) is 6.11. The van der Waals surface area contributed by atoms with Crippen LogP contribution in [0.1, 0.15) is 19.4 Å². The molecular formula is C24H21N7O4S. The van der Waals surface area contributed by atoms with Gasteiger partial charge in [-0.15, -0.1) is 15.3 Å². The van der Waals surface area contributed by atoms with E-state index in [0.29, 0.717) is 28.9 Å². The zero-order valence-electron chi connectivity index (χ0n) is 19.3. The monoisotopic (exact) mass is 503 g/mol. The van der Waals surface area contributed by atoms with E-state index in [1.54, 1.807) is 34.5 Å². The van der Waals surface area contributed by atoms with Crippen molar-refractivity contribution in [3.05, 3.63) is 82.4 Å². The fraction of sp³-hybridized carbons (Fsp3) is 0.125. The number of amides is 1. The number of ether oxygens (including phenoxy) is 1. The Bertz CT molecular complexity index is 1470. The molecule has 3 aromatic carbocycles. The number of amidine groups is 1. The molecule has 182 valence electrons. The molecule has 2 N–H and O–H groups in total. The summed E-state index contributed by atoms with van der Waals surface area (Å²) in [6, 6.07) is 19.1. The number of carbonyl (C=O) groups excluding carboxylic acids is 1. The van der Waals surface area contributed by atoms with E-state index >= 15 is 0 Å². The number of aromatic nitrogens is 1. The van der Waals surface area contributed by atoms with Crippen molar-refractivity contribution in [2.75, 3.05) is 22.2 Å². The summed E-state index contributed by atoms with van der Waals surface area (Å²) in [4.78, 5) is 26.8. The van der Waals surface area contributed by atoms with E-state index in [1.165, 1.54) is 30.4 Å². The number of hydrazine groups is 2. The van der Waals surface area contributed by atoms with Crippen molar-refractivity contribution in [2.24, 2.45) is 5.10 Å². The molecule has 0 aliphatic carbocycles. The molecule has 0 radical (unpaired) electrons. The number of rotatable bonds is 7. The molecule has 4 aromatic rings. The Balaban J connectivity index is 1.51. The van der Waals surface area contributed by atoms with Crippen LogP contribution in [-0.2, 0) is 4.79 Å². The van der Waals surface area contributed by atoms with Crippen LogP contribution in [0.15, 0.2) is 71.8 Å². The normalized spacial score (nSPS) is 12.9. The molecule has 1 aliphatic heterocycles. The minimum Gasteiger partial charge on any atom is -0.494 e. The van der Waals surface area contributed by atoms with Crippen LogP contribution >= 0.6 is 11.3 Å². The van der Waals surface area contributed by atoms with Gasteiger partial charge in [0.2, 0.25) is 11.0 Å². The van der Waals surface area contributed by atoms with Gasteiger partial charge in [-0.1, -0.05) is 11.3 Å². The molecule has 12 heteroatoms. The summed E-state index contributed by atoms with van der Waals surface area (Å²) < 4.78 is 6.55. The number of fused-ring (bicyclic) bond motifs is 1. The van der Waals surface area contributed by atoms with E-state index in [-0.39, 0.29) is 11.6 Å². The lowest BCUT2D eigenvalue weighted by molar-refractivity contribution is -0.384. The standard InChI is InChI=1S/C24H21N7O4S/c1-3-35-20-12-13-21-22(14-20)36-24(26-21)30-28-23(16-4-6-17(7-5-16)25-15(2)32)27-29(30)18-8-10-19(11-9-18)31(33)34/h4-14H,3H2,1-2H3,(H,25,32)(H,27,28). The predicted molar refractivity (Wildman–Crippen MR) is 139 cm³/mol. The van der Waals surface area contributed by atoms with Crippen LogP contribution in [0.5, 0.6) is 5.75 Å². The third kappa shape index (κ3) is 4.61. The zero-order valence-corrected chi connectivity index (χ0v) is 20.2. The van der Waals surface area contributed by atoms with E-state index < -0.39 is 4.92 Å². The second-order valence-corrected chi connectivity index (χ2v) is 8.76. The number of hydrazone groups is 1. The van der Waals surface area contributed by atoms with Crippen molar-refractivity contribution >= 4 is 55.5 Å². The van der Waals surface area contributed by atoms with Crippen molar-refractivity contribution in [3.63, 3.8) is 0 Å². The van der Waals surface area contributed by atoms with Crippen LogP contribution in [0.3, 0.4) is 0 Å². The van der Waals surface area contributed by atoms with Gasteiger partial charge in [0.1, 0.15) is 5.75 Å². The number of carbonyl (C=O) groups is 1. The molecule has 2 heterocycles. The minimum absolute atomic E-state index is 0.0151. The third-order valence-corrected chi connectivity index (χ3v) is 6.20. The molecule has 0 saturated carbocycles. The highest BCUT2D eigenvalue weighted by atomic mass is 32.1. The van der Waals surface area contributed by atoms with Crippen LogP contribution in [0.4, 0.5) is 22.2 Å². The fourth-order valence-electron chi connectivity index (χ4n) is 3.60. The lowest BCUT2D eigenvalue weighted by atomic mass is 10.2. The first-order valence-electron chi connectivity index (χ1n) is 11.0. The van der Waals surface area contributed by atoms with E-state index in [2.05, 4.69) is 10.7 Å². The average Bonchev–Trinajstić information content (AvgIpc) is 3.49. The summed E-state index contributed by atoms with van der Waals surface area (Å²) in [7, 11) is 0. The van der Waals surface area contributed by atoms with E-state index in [1.807, 2.05) is 37.3 Å². The Morgan fingerprint density at radius 3 is 2.56 bits per heavy atom. The van der Waals surface area contributed by atoms with Gasteiger partial charge >= 0.3 is 0 Å². The van der Waals surface area contributed by atoms with Gasteiger partial charge in [-0.25, -0.2) is 4.98 Å².